The third-order valence-electron chi connectivity index (χ3n) is 3.41. The van der Waals surface area contributed by atoms with Crippen molar-refractivity contribution in [3.8, 4) is 0 Å². The Morgan fingerprint density at radius 2 is 1.79 bits per heavy atom. The molecule has 1 aliphatic carbocycles. The minimum Gasteiger partial charge on any atom is -0.481 e. The fourth-order valence-corrected chi connectivity index (χ4v) is 2.14. The number of nitrogens with one attached hydrogen (secondary N) is 2. The van der Waals surface area contributed by atoms with Gasteiger partial charge in [-0.1, -0.05) is 0 Å². The average molecular weight is 271 g/mol. The molecule has 0 bridgehead atoms. The van der Waals surface area contributed by atoms with Crippen molar-refractivity contribution < 1.29 is 19.5 Å². The van der Waals surface area contributed by atoms with Crippen molar-refractivity contribution in [1.29, 1.82) is 0 Å². The highest BCUT2D eigenvalue weighted by molar-refractivity contribution is 5.83. The van der Waals surface area contributed by atoms with Gasteiger partial charge in [-0.2, -0.15) is 0 Å². The fraction of sp³-hybridized carbons (Fsp3) is 0.750. The van der Waals surface area contributed by atoms with Crippen molar-refractivity contribution in [3.05, 3.63) is 0 Å². The predicted octanol–water partition coefficient (Wildman–Crippen LogP) is 0.0172. The third-order valence-corrected chi connectivity index (χ3v) is 3.41. The van der Waals surface area contributed by atoms with Gasteiger partial charge in [-0.3, -0.25) is 9.59 Å². The van der Waals surface area contributed by atoms with E-state index in [4.69, 9.17) is 5.11 Å². The van der Waals surface area contributed by atoms with Gasteiger partial charge >= 0.3 is 12.0 Å². The number of hydrogen-bond donors (Lipinski definition) is 3. The predicted molar refractivity (Wildman–Crippen MR) is 68.6 cm³/mol. The second kappa shape index (κ2) is 6.96. The molecule has 0 spiro atoms. The van der Waals surface area contributed by atoms with Crippen molar-refractivity contribution >= 4 is 17.9 Å². The van der Waals surface area contributed by atoms with Gasteiger partial charge in [0.15, 0.2) is 0 Å². The summed E-state index contributed by atoms with van der Waals surface area (Å²) in [5.74, 6) is -1.29. The first-order chi connectivity index (χ1) is 8.93. The summed E-state index contributed by atoms with van der Waals surface area (Å²) in [5, 5.41) is 14.1. The van der Waals surface area contributed by atoms with Gasteiger partial charge in [-0.25, -0.2) is 4.79 Å². The number of amides is 3. The SMILES string of the molecule is CNC(=O)CN(C)C(=O)NC1CCC(C(=O)O)CC1. The van der Waals surface area contributed by atoms with Gasteiger partial charge in [-0.05, 0) is 25.7 Å². The van der Waals surface area contributed by atoms with E-state index in [9.17, 15) is 14.4 Å². The van der Waals surface area contributed by atoms with Crippen molar-refractivity contribution in [1.82, 2.24) is 15.5 Å². The van der Waals surface area contributed by atoms with Crippen LogP contribution in [0.2, 0.25) is 0 Å². The minimum atomic E-state index is -0.762. The van der Waals surface area contributed by atoms with Gasteiger partial charge in [0, 0.05) is 20.1 Å². The number of carbonyl (C=O) groups is 3. The first kappa shape index (κ1) is 15.3. The molecule has 1 aliphatic rings. The van der Waals surface area contributed by atoms with E-state index >= 15 is 0 Å². The summed E-state index contributed by atoms with van der Waals surface area (Å²) in [4.78, 5) is 35.0. The lowest BCUT2D eigenvalue weighted by atomic mass is 9.86. The Morgan fingerprint density at radius 3 is 2.26 bits per heavy atom. The maximum absolute atomic E-state index is 11.8. The van der Waals surface area contributed by atoms with Crippen LogP contribution in [-0.4, -0.2) is 54.6 Å². The third kappa shape index (κ3) is 4.76. The molecule has 0 aliphatic heterocycles. The summed E-state index contributed by atoms with van der Waals surface area (Å²) in [5.41, 5.74) is 0. The average Bonchev–Trinajstić information content (AvgIpc) is 2.38. The van der Waals surface area contributed by atoms with E-state index in [1.165, 1.54) is 11.9 Å². The van der Waals surface area contributed by atoms with Crippen LogP contribution in [0.25, 0.3) is 0 Å². The zero-order valence-corrected chi connectivity index (χ0v) is 11.3. The molecule has 1 saturated carbocycles. The van der Waals surface area contributed by atoms with E-state index in [-0.39, 0.29) is 30.4 Å². The molecular formula is C12H21N3O4. The molecular weight excluding hydrogens is 250 g/mol. The second-order valence-corrected chi connectivity index (χ2v) is 4.87. The van der Waals surface area contributed by atoms with Crippen LogP contribution in [0.15, 0.2) is 0 Å². The van der Waals surface area contributed by atoms with Gasteiger partial charge in [0.05, 0.1) is 5.92 Å². The highest BCUT2D eigenvalue weighted by Gasteiger charge is 2.27. The van der Waals surface area contributed by atoms with Crippen LogP contribution < -0.4 is 10.6 Å². The normalized spacial score (nSPS) is 22.4. The number of hydrogen-bond acceptors (Lipinski definition) is 3. The summed E-state index contributed by atoms with van der Waals surface area (Å²) in [6.45, 7) is 0.00675. The number of nitrogens with zero attached hydrogens (tertiary/aromatic N) is 1. The highest BCUT2D eigenvalue weighted by atomic mass is 16.4. The molecule has 3 N–H and O–H groups in total. The number of aliphatic carboxylic acids is 1. The number of carbonyl (C=O) groups excluding carboxylic acids is 2. The molecule has 108 valence electrons. The van der Waals surface area contributed by atoms with E-state index in [0.717, 1.165) is 0 Å². The van der Waals surface area contributed by atoms with Gasteiger partial charge in [0.1, 0.15) is 6.54 Å². The topological polar surface area (TPSA) is 98.7 Å². The monoisotopic (exact) mass is 271 g/mol. The lowest BCUT2D eigenvalue weighted by molar-refractivity contribution is -0.142. The molecule has 19 heavy (non-hydrogen) atoms. The highest BCUT2D eigenvalue weighted by Crippen LogP contribution is 2.24. The van der Waals surface area contributed by atoms with E-state index < -0.39 is 5.97 Å². The van der Waals surface area contributed by atoms with E-state index in [1.54, 1.807) is 7.05 Å². The molecule has 1 rings (SSSR count). The van der Waals surface area contributed by atoms with Crippen molar-refractivity contribution in [3.63, 3.8) is 0 Å². The Hall–Kier alpha value is -1.79. The Balaban J connectivity index is 2.34. The van der Waals surface area contributed by atoms with Gasteiger partial charge < -0.3 is 20.6 Å². The van der Waals surface area contributed by atoms with Crippen LogP contribution in [0.5, 0.6) is 0 Å². The van der Waals surface area contributed by atoms with Gasteiger partial charge in [0.25, 0.3) is 0 Å². The van der Waals surface area contributed by atoms with Gasteiger partial charge in [-0.15, -0.1) is 0 Å². The summed E-state index contributed by atoms with van der Waals surface area (Å²) in [6, 6.07) is -0.308. The molecule has 3 amide bonds. The van der Waals surface area contributed by atoms with Gasteiger partial charge in [0.2, 0.25) is 5.91 Å². The maximum Gasteiger partial charge on any atom is 0.317 e. The molecule has 0 saturated heterocycles. The van der Waals surface area contributed by atoms with Crippen LogP contribution in [0, 0.1) is 5.92 Å². The smallest absolute Gasteiger partial charge is 0.317 e. The van der Waals surface area contributed by atoms with E-state index in [2.05, 4.69) is 10.6 Å². The quantitative estimate of drug-likeness (QED) is 0.671. The molecule has 0 aromatic heterocycles. The molecule has 0 radical (unpaired) electrons. The first-order valence-electron chi connectivity index (χ1n) is 6.39. The Kier molecular flexibility index (Phi) is 5.59. The Morgan fingerprint density at radius 1 is 1.21 bits per heavy atom. The van der Waals surface area contributed by atoms with Crippen LogP contribution in [-0.2, 0) is 9.59 Å². The van der Waals surface area contributed by atoms with Crippen LogP contribution >= 0.6 is 0 Å². The van der Waals surface area contributed by atoms with E-state index in [0.29, 0.717) is 25.7 Å². The summed E-state index contributed by atoms with van der Waals surface area (Å²) >= 11 is 0. The molecule has 1 fully saturated rings. The standard InChI is InChI=1S/C12H21N3O4/c1-13-10(16)7-15(2)12(19)14-9-5-3-8(4-6-9)11(17)18/h8-9H,3-7H2,1-2H3,(H,13,16)(H,14,19)(H,17,18). The zero-order chi connectivity index (χ0) is 14.4. The zero-order valence-electron chi connectivity index (χ0n) is 11.3. The molecule has 0 atom stereocenters. The fourth-order valence-electron chi connectivity index (χ4n) is 2.14. The summed E-state index contributed by atoms with van der Waals surface area (Å²) in [6.07, 6.45) is 2.49. The molecule has 7 nitrogen and oxygen atoms in total. The summed E-state index contributed by atoms with van der Waals surface area (Å²) < 4.78 is 0. The van der Waals surface area contributed by atoms with Crippen LogP contribution in [0.3, 0.4) is 0 Å². The lowest BCUT2D eigenvalue weighted by Crippen LogP contribution is -2.47. The van der Waals surface area contributed by atoms with Crippen molar-refractivity contribution in [2.75, 3.05) is 20.6 Å². The molecule has 0 aromatic carbocycles. The number of likely N-dealkylation sites (N-methyl/N-ethyl adjacent to an activating group) is 2. The molecule has 7 heteroatoms. The largest absolute Gasteiger partial charge is 0.481 e. The van der Waals surface area contributed by atoms with Crippen molar-refractivity contribution in [2.45, 2.75) is 31.7 Å². The summed E-state index contributed by atoms with van der Waals surface area (Å²) in [7, 11) is 3.06. The number of rotatable bonds is 4. The maximum atomic E-state index is 11.8. The molecule has 0 heterocycles. The van der Waals surface area contributed by atoms with E-state index in [1.807, 2.05) is 0 Å². The number of carboxylic acids is 1. The number of urea groups is 1. The first-order valence-corrected chi connectivity index (χ1v) is 6.39. The lowest BCUT2D eigenvalue weighted by Gasteiger charge is -2.28. The Labute approximate surface area is 112 Å². The number of carboxylic acid groups (broad SMARTS) is 1. The van der Waals surface area contributed by atoms with Crippen molar-refractivity contribution in [2.24, 2.45) is 5.92 Å². The molecule has 0 unspecified atom stereocenters. The van der Waals surface area contributed by atoms with Crippen LogP contribution in [0.1, 0.15) is 25.7 Å². The molecule has 0 aromatic rings. The van der Waals surface area contributed by atoms with Crippen LogP contribution in [0.4, 0.5) is 4.79 Å². The second-order valence-electron chi connectivity index (χ2n) is 4.87. The Bertz CT molecular complexity index is 351. The minimum absolute atomic E-state index is 0.00441.